The minimum atomic E-state index is -1.25. The summed E-state index contributed by atoms with van der Waals surface area (Å²) in [6, 6.07) is 13.8. The molecule has 21 heavy (non-hydrogen) atoms. The Labute approximate surface area is 125 Å². The maximum Gasteiger partial charge on any atom is 0.312 e. The van der Waals surface area contributed by atoms with E-state index >= 15 is 0 Å². The molecule has 0 radical (unpaired) electrons. The number of rotatable bonds is 5. The van der Waals surface area contributed by atoms with Crippen molar-refractivity contribution in [1.82, 2.24) is 0 Å². The minimum absolute atomic E-state index is 0.323. The van der Waals surface area contributed by atoms with E-state index in [1.165, 1.54) is 0 Å². The Morgan fingerprint density at radius 3 is 2.48 bits per heavy atom. The first kappa shape index (κ1) is 15.5. The molecule has 0 spiro atoms. The highest BCUT2D eigenvalue weighted by molar-refractivity contribution is 5.83. The molecule has 0 saturated carbocycles. The summed E-state index contributed by atoms with van der Waals surface area (Å²) in [5.41, 5.74) is -0.508. The average Bonchev–Trinajstić information content (AvgIpc) is 2.47. The third kappa shape index (κ3) is 3.08. The van der Waals surface area contributed by atoms with Crippen molar-refractivity contribution >= 4 is 16.7 Å². The maximum atomic E-state index is 12.1. The van der Waals surface area contributed by atoms with Crippen LogP contribution in [-0.4, -0.2) is 17.7 Å². The highest BCUT2D eigenvalue weighted by atomic mass is 16.5. The molecule has 0 aliphatic heterocycles. The number of hydrogen-bond donors (Lipinski definition) is 1. The zero-order valence-electron chi connectivity index (χ0n) is 12.8. The number of aliphatic hydroxyl groups is 1. The number of ether oxygens (including phenoxy) is 1. The van der Waals surface area contributed by atoms with Crippen LogP contribution in [0.2, 0.25) is 0 Å². The first-order chi connectivity index (χ1) is 10.0. The standard InChI is InChI=1S/C18H22O3/c1-4-16(17(19)21-5-2)18(3,20)15-11-10-13-8-6-7-9-14(13)12-15/h6-12,16,20H,4-5H2,1-3H3. The molecule has 0 bridgehead atoms. The van der Waals surface area contributed by atoms with Gasteiger partial charge in [0.1, 0.15) is 5.60 Å². The van der Waals surface area contributed by atoms with Crippen molar-refractivity contribution in [3.05, 3.63) is 48.0 Å². The van der Waals surface area contributed by atoms with Crippen molar-refractivity contribution in [2.24, 2.45) is 5.92 Å². The van der Waals surface area contributed by atoms with Crippen molar-refractivity contribution < 1.29 is 14.6 Å². The third-order valence-corrected chi connectivity index (χ3v) is 3.99. The van der Waals surface area contributed by atoms with Crippen molar-refractivity contribution in [2.45, 2.75) is 32.8 Å². The highest BCUT2D eigenvalue weighted by Crippen LogP contribution is 2.34. The molecule has 0 aromatic heterocycles. The molecule has 2 aromatic carbocycles. The summed E-state index contributed by atoms with van der Waals surface area (Å²) in [4.78, 5) is 12.1. The van der Waals surface area contributed by atoms with Crippen LogP contribution < -0.4 is 0 Å². The lowest BCUT2D eigenvalue weighted by Gasteiger charge is -2.31. The fraction of sp³-hybridized carbons (Fsp3) is 0.389. The van der Waals surface area contributed by atoms with Crippen LogP contribution >= 0.6 is 0 Å². The number of carbonyl (C=O) groups excluding carboxylic acids is 1. The topological polar surface area (TPSA) is 46.5 Å². The van der Waals surface area contributed by atoms with Gasteiger partial charge in [0, 0.05) is 0 Å². The van der Waals surface area contributed by atoms with Crippen molar-refractivity contribution in [3.63, 3.8) is 0 Å². The average molecular weight is 286 g/mol. The molecule has 2 atom stereocenters. The molecule has 2 aromatic rings. The fourth-order valence-electron chi connectivity index (χ4n) is 2.74. The van der Waals surface area contributed by atoms with E-state index in [0.717, 1.165) is 16.3 Å². The summed E-state index contributed by atoms with van der Waals surface area (Å²) in [6.07, 6.45) is 0.526. The van der Waals surface area contributed by atoms with Crippen LogP contribution in [0.25, 0.3) is 10.8 Å². The lowest BCUT2D eigenvalue weighted by molar-refractivity contribution is -0.158. The number of benzene rings is 2. The van der Waals surface area contributed by atoms with E-state index in [2.05, 4.69) is 0 Å². The Hall–Kier alpha value is -1.87. The zero-order valence-corrected chi connectivity index (χ0v) is 12.8. The van der Waals surface area contributed by atoms with Gasteiger partial charge in [-0.2, -0.15) is 0 Å². The molecule has 0 heterocycles. The van der Waals surface area contributed by atoms with Crippen molar-refractivity contribution in [1.29, 1.82) is 0 Å². The molecular weight excluding hydrogens is 264 g/mol. The minimum Gasteiger partial charge on any atom is -0.466 e. The predicted octanol–water partition coefficient (Wildman–Crippen LogP) is 3.64. The summed E-state index contributed by atoms with van der Waals surface area (Å²) in [5.74, 6) is -0.920. The van der Waals surface area contributed by atoms with Gasteiger partial charge in [0.2, 0.25) is 0 Å². The predicted molar refractivity (Wildman–Crippen MR) is 83.9 cm³/mol. The lowest BCUT2D eigenvalue weighted by atomic mass is 9.80. The molecule has 3 nitrogen and oxygen atoms in total. The van der Waals surface area contributed by atoms with E-state index in [0.29, 0.717) is 13.0 Å². The second-order valence-electron chi connectivity index (χ2n) is 5.42. The first-order valence-electron chi connectivity index (χ1n) is 7.39. The van der Waals surface area contributed by atoms with Gasteiger partial charge in [-0.3, -0.25) is 4.79 Å². The normalized spacial score (nSPS) is 15.4. The van der Waals surface area contributed by atoms with E-state index in [9.17, 15) is 9.90 Å². The van der Waals surface area contributed by atoms with Gasteiger partial charge < -0.3 is 9.84 Å². The molecule has 2 rings (SSSR count). The van der Waals surface area contributed by atoms with Crippen molar-refractivity contribution in [3.8, 4) is 0 Å². The lowest BCUT2D eigenvalue weighted by Crippen LogP contribution is -2.38. The van der Waals surface area contributed by atoms with Crippen LogP contribution in [-0.2, 0) is 15.1 Å². The molecule has 0 saturated heterocycles. The smallest absolute Gasteiger partial charge is 0.312 e. The van der Waals surface area contributed by atoms with Crippen LogP contribution in [0, 0.1) is 5.92 Å². The van der Waals surface area contributed by atoms with Gasteiger partial charge in [-0.25, -0.2) is 0 Å². The number of fused-ring (bicyclic) bond motifs is 1. The number of esters is 1. The molecule has 3 heteroatoms. The molecule has 0 fully saturated rings. The summed E-state index contributed by atoms with van der Waals surface area (Å²) >= 11 is 0. The van der Waals surface area contributed by atoms with Gasteiger partial charge in [0.25, 0.3) is 0 Å². The van der Waals surface area contributed by atoms with Gasteiger partial charge in [-0.15, -0.1) is 0 Å². The van der Waals surface area contributed by atoms with E-state index in [4.69, 9.17) is 4.74 Å². The summed E-state index contributed by atoms with van der Waals surface area (Å²) < 4.78 is 5.09. The second kappa shape index (κ2) is 6.27. The van der Waals surface area contributed by atoms with Gasteiger partial charge in [0.05, 0.1) is 12.5 Å². The summed E-state index contributed by atoms with van der Waals surface area (Å²) in [5, 5.41) is 13.1. The van der Waals surface area contributed by atoms with E-state index in [1.807, 2.05) is 49.4 Å². The summed E-state index contributed by atoms with van der Waals surface area (Å²) in [6.45, 7) is 5.66. The Bertz CT molecular complexity index is 631. The molecule has 112 valence electrons. The van der Waals surface area contributed by atoms with Crippen LogP contribution in [0.5, 0.6) is 0 Å². The Morgan fingerprint density at radius 2 is 1.86 bits per heavy atom. The van der Waals surface area contributed by atoms with E-state index < -0.39 is 11.5 Å². The van der Waals surface area contributed by atoms with Crippen LogP contribution in [0.15, 0.2) is 42.5 Å². The van der Waals surface area contributed by atoms with Crippen LogP contribution in [0.1, 0.15) is 32.8 Å². The molecule has 0 aliphatic carbocycles. The van der Waals surface area contributed by atoms with Gasteiger partial charge in [-0.1, -0.05) is 43.3 Å². The summed E-state index contributed by atoms with van der Waals surface area (Å²) in [7, 11) is 0. The maximum absolute atomic E-state index is 12.1. The Balaban J connectivity index is 2.41. The quantitative estimate of drug-likeness (QED) is 0.854. The van der Waals surface area contributed by atoms with E-state index in [-0.39, 0.29) is 5.97 Å². The van der Waals surface area contributed by atoms with Crippen molar-refractivity contribution in [2.75, 3.05) is 6.61 Å². The molecule has 1 N–H and O–H groups in total. The fourth-order valence-corrected chi connectivity index (χ4v) is 2.74. The third-order valence-electron chi connectivity index (χ3n) is 3.99. The number of hydrogen-bond acceptors (Lipinski definition) is 3. The monoisotopic (exact) mass is 286 g/mol. The van der Waals surface area contributed by atoms with Crippen LogP contribution in [0.4, 0.5) is 0 Å². The Morgan fingerprint density at radius 1 is 1.19 bits per heavy atom. The Kier molecular flexibility index (Phi) is 4.63. The highest BCUT2D eigenvalue weighted by Gasteiger charge is 2.38. The SMILES string of the molecule is CCOC(=O)C(CC)C(C)(O)c1ccc2ccccc2c1. The largest absolute Gasteiger partial charge is 0.466 e. The van der Waals surface area contributed by atoms with Gasteiger partial charge in [0.15, 0.2) is 0 Å². The molecule has 0 amide bonds. The van der Waals surface area contributed by atoms with Gasteiger partial charge in [-0.05, 0) is 42.7 Å². The van der Waals surface area contributed by atoms with Crippen LogP contribution in [0.3, 0.4) is 0 Å². The van der Waals surface area contributed by atoms with E-state index in [1.54, 1.807) is 13.8 Å². The molecule has 0 aliphatic rings. The molecular formula is C18H22O3. The number of carbonyl (C=O) groups is 1. The first-order valence-corrected chi connectivity index (χ1v) is 7.39. The zero-order chi connectivity index (χ0) is 15.5. The van der Waals surface area contributed by atoms with Gasteiger partial charge >= 0.3 is 5.97 Å². The molecule has 2 unspecified atom stereocenters. The second-order valence-corrected chi connectivity index (χ2v) is 5.42.